The number of alkyl halides is 6. The van der Waals surface area contributed by atoms with Crippen LogP contribution >= 0.6 is 0 Å². The number of pyridine rings is 1. The van der Waals surface area contributed by atoms with E-state index < -0.39 is 47.2 Å². The average Bonchev–Trinajstić information content (AvgIpc) is 3.57. The molecule has 0 atom stereocenters. The lowest BCUT2D eigenvalue weighted by Crippen LogP contribution is -2.48. The van der Waals surface area contributed by atoms with Crippen LogP contribution in [0.1, 0.15) is 45.6 Å². The fourth-order valence-corrected chi connectivity index (χ4v) is 6.03. The third-order valence-corrected chi connectivity index (χ3v) is 8.11. The monoisotopic (exact) mass is 631 g/mol. The molecule has 0 aliphatic carbocycles. The summed E-state index contributed by atoms with van der Waals surface area (Å²) in [5.74, 6) is -2.48. The maximum absolute atomic E-state index is 14.5. The predicted octanol–water partition coefficient (Wildman–Crippen LogP) is 6.61. The molecule has 7 nitrogen and oxygen atoms in total. The first-order valence-corrected chi connectivity index (χ1v) is 13.9. The van der Waals surface area contributed by atoms with Gasteiger partial charge in [-0.25, -0.2) is 9.07 Å². The van der Waals surface area contributed by atoms with Gasteiger partial charge in [0.05, 0.1) is 34.6 Å². The summed E-state index contributed by atoms with van der Waals surface area (Å²) in [5.41, 5.74) is -1.48. The first-order chi connectivity index (χ1) is 21.2. The molecule has 2 aromatic heterocycles. The highest BCUT2D eigenvalue weighted by Crippen LogP contribution is 2.45. The van der Waals surface area contributed by atoms with Gasteiger partial charge in [-0.05, 0) is 61.2 Å². The molecular weight excluding hydrogens is 607 g/mol. The molecule has 2 aromatic carbocycles. The average molecular weight is 632 g/mol. The second-order valence-corrected chi connectivity index (χ2v) is 11.0. The van der Waals surface area contributed by atoms with Gasteiger partial charge in [-0.15, -0.1) is 0 Å². The highest BCUT2D eigenvalue weighted by Gasteiger charge is 2.44. The summed E-state index contributed by atoms with van der Waals surface area (Å²) in [6.45, 7) is 1.57. The van der Waals surface area contributed by atoms with E-state index >= 15 is 0 Å². The van der Waals surface area contributed by atoms with E-state index in [1.807, 2.05) is 0 Å². The van der Waals surface area contributed by atoms with Crippen LogP contribution in [0, 0.1) is 12.7 Å². The van der Waals surface area contributed by atoms with Crippen LogP contribution in [0.4, 0.5) is 36.4 Å². The number of carbonyl (C=O) groups is 2. The summed E-state index contributed by atoms with van der Waals surface area (Å²) < 4.78 is 97.2. The van der Waals surface area contributed by atoms with Crippen LogP contribution in [0.25, 0.3) is 16.9 Å². The van der Waals surface area contributed by atoms with Crippen molar-refractivity contribution < 1.29 is 40.3 Å². The number of hydrogen-bond donors (Lipinski definition) is 0. The predicted molar refractivity (Wildman–Crippen MR) is 148 cm³/mol. The van der Waals surface area contributed by atoms with E-state index in [1.165, 1.54) is 47.3 Å². The van der Waals surface area contributed by atoms with Crippen LogP contribution in [-0.2, 0) is 23.6 Å². The molecule has 0 spiro atoms. The van der Waals surface area contributed by atoms with E-state index in [9.17, 15) is 40.3 Å². The third-order valence-electron chi connectivity index (χ3n) is 8.11. The van der Waals surface area contributed by atoms with Crippen molar-refractivity contribution in [2.75, 3.05) is 18.0 Å². The number of fused-ring (bicyclic) bond motifs is 1. The topological polar surface area (TPSA) is 71.3 Å². The minimum Gasteiger partial charge on any atom is -0.337 e. The summed E-state index contributed by atoms with van der Waals surface area (Å²) in [6.07, 6.45) is -6.32. The van der Waals surface area contributed by atoms with Gasteiger partial charge in [0.15, 0.2) is 5.69 Å². The molecular formula is C31H24F7N5O2. The van der Waals surface area contributed by atoms with Gasteiger partial charge < -0.3 is 9.80 Å². The van der Waals surface area contributed by atoms with Gasteiger partial charge in [0.25, 0.3) is 5.91 Å². The molecule has 0 unspecified atom stereocenters. The fraction of sp³-hybridized carbons (Fsp3) is 0.290. The Kier molecular flexibility index (Phi) is 7.40. The van der Waals surface area contributed by atoms with Crippen LogP contribution in [0.3, 0.4) is 0 Å². The first-order valence-electron chi connectivity index (χ1n) is 13.9. The van der Waals surface area contributed by atoms with E-state index in [1.54, 1.807) is 12.1 Å². The Labute approximate surface area is 251 Å². The van der Waals surface area contributed by atoms with E-state index in [0.29, 0.717) is 23.3 Å². The quantitative estimate of drug-likeness (QED) is 0.238. The van der Waals surface area contributed by atoms with Crippen molar-refractivity contribution in [1.29, 1.82) is 0 Å². The van der Waals surface area contributed by atoms with Gasteiger partial charge in [0.2, 0.25) is 5.91 Å². The number of nitrogens with zero attached hydrogens (tertiary/aromatic N) is 5. The lowest BCUT2D eigenvalue weighted by atomic mass is 9.98. The summed E-state index contributed by atoms with van der Waals surface area (Å²) in [6, 6.07) is 9.31. The molecule has 0 saturated carbocycles. The largest absolute Gasteiger partial charge is 0.419 e. The molecule has 0 radical (unpaired) electrons. The van der Waals surface area contributed by atoms with Crippen LogP contribution in [0.5, 0.6) is 0 Å². The van der Waals surface area contributed by atoms with E-state index in [4.69, 9.17) is 0 Å². The Morgan fingerprint density at radius 1 is 0.956 bits per heavy atom. The Morgan fingerprint density at radius 3 is 2.31 bits per heavy atom. The van der Waals surface area contributed by atoms with Crippen LogP contribution < -0.4 is 4.90 Å². The van der Waals surface area contributed by atoms with Gasteiger partial charge in [0, 0.05) is 43.2 Å². The highest BCUT2D eigenvalue weighted by molar-refractivity contribution is 6.03. The minimum absolute atomic E-state index is 0.0153. The zero-order valence-electron chi connectivity index (χ0n) is 23.6. The number of carbonyl (C=O) groups excluding carboxylic acids is 2. The maximum atomic E-state index is 14.5. The van der Waals surface area contributed by atoms with Crippen molar-refractivity contribution >= 4 is 17.5 Å². The van der Waals surface area contributed by atoms with Crippen molar-refractivity contribution in [3.8, 4) is 16.9 Å². The van der Waals surface area contributed by atoms with Crippen molar-refractivity contribution in [1.82, 2.24) is 19.7 Å². The smallest absolute Gasteiger partial charge is 0.337 e. The van der Waals surface area contributed by atoms with Crippen LogP contribution in [0.2, 0.25) is 0 Å². The van der Waals surface area contributed by atoms with Gasteiger partial charge >= 0.3 is 12.4 Å². The van der Waals surface area contributed by atoms with Crippen molar-refractivity contribution in [3.05, 3.63) is 94.7 Å². The number of hydrogen-bond acceptors (Lipinski definition) is 4. The van der Waals surface area contributed by atoms with Crippen molar-refractivity contribution in [2.45, 2.75) is 44.6 Å². The minimum atomic E-state index is -4.90. The van der Waals surface area contributed by atoms with Crippen LogP contribution in [0.15, 0.2) is 60.9 Å². The maximum Gasteiger partial charge on any atom is 0.419 e. The number of halogens is 7. The molecule has 2 aliphatic heterocycles. The molecule has 234 valence electrons. The molecule has 45 heavy (non-hydrogen) atoms. The van der Waals surface area contributed by atoms with E-state index in [2.05, 4.69) is 10.1 Å². The second kappa shape index (κ2) is 11.0. The number of rotatable bonds is 4. The lowest BCUT2D eigenvalue weighted by Gasteiger charge is -2.37. The number of anilines is 1. The van der Waals surface area contributed by atoms with Gasteiger partial charge in [0.1, 0.15) is 5.82 Å². The van der Waals surface area contributed by atoms with Gasteiger partial charge in [-0.1, -0.05) is 12.1 Å². The number of benzene rings is 2. The molecule has 4 aromatic rings. The van der Waals surface area contributed by atoms with E-state index in [0.717, 1.165) is 10.7 Å². The SMILES string of the molecule is Cc1ccc2c(c1C(F)(F)F)N(C1CCN(C(=O)c3cc(-c4cccnc4)n(-c4ccc(C(F)(F)F)c(F)c4)n3)CC1)C(=O)C2. The zero-order chi connectivity index (χ0) is 32.3. The van der Waals surface area contributed by atoms with Crippen molar-refractivity contribution in [3.63, 3.8) is 0 Å². The number of piperidine rings is 1. The Morgan fingerprint density at radius 2 is 1.69 bits per heavy atom. The molecule has 4 heterocycles. The number of likely N-dealkylation sites (tertiary alicyclic amines) is 1. The number of aryl methyl sites for hydroxylation is 1. The summed E-state index contributed by atoms with van der Waals surface area (Å²) in [4.78, 5) is 33.2. The molecule has 1 saturated heterocycles. The van der Waals surface area contributed by atoms with Crippen LogP contribution in [-0.4, -0.2) is 50.6 Å². The number of amides is 2. The summed E-state index contributed by atoms with van der Waals surface area (Å²) >= 11 is 0. The molecule has 1 fully saturated rings. The fourth-order valence-electron chi connectivity index (χ4n) is 6.03. The van der Waals surface area contributed by atoms with Gasteiger partial charge in [-0.3, -0.25) is 14.6 Å². The first kappa shape index (κ1) is 30.3. The summed E-state index contributed by atoms with van der Waals surface area (Å²) in [5, 5.41) is 4.31. The second-order valence-electron chi connectivity index (χ2n) is 11.0. The summed E-state index contributed by atoms with van der Waals surface area (Å²) in [7, 11) is 0. The molecule has 2 amide bonds. The number of aromatic nitrogens is 3. The zero-order valence-corrected chi connectivity index (χ0v) is 23.6. The molecule has 14 heteroatoms. The Bertz CT molecular complexity index is 1790. The Balaban J connectivity index is 1.27. The normalized spacial score (nSPS) is 16.0. The highest BCUT2D eigenvalue weighted by atomic mass is 19.4. The molecule has 0 bridgehead atoms. The van der Waals surface area contributed by atoms with Crippen molar-refractivity contribution in [2.24, 2.45) is 0 Å². The lowest BCUT2D eigenvalue weighted by molar-refractivity contribution is -0.140. The van der Waals surface area contributed by atoms with E-state index in [-0.39, 0.29) is 60.7 Å². The third kappa shape index (κ3) is 5.53. The molecule has 2 aliphatic rings. The van der Waals surface area contributed by atoms with Gasteiger partial charge in [-0.2, -0.15) is 31.4 Å². The molecule has 0 N–H and O–H groups in total. The molecule has 6 rings (SSSR count). The standard InChI is InChI=1S/C31H24F7N5O2/c1-17-4-5-18-13-26(44)42(28(18)27(17)31(36,37)38)20-8-11-41(12-9-20)29(45)24-15-25(19-3-2-10-39-16-19)43(40-24)21-6-7-22(23(32)14-21)30(33,34)35/h2-7,10,14-16,20H,8-9,11-13H2,1H3. The Hall–Kier alpha value is -4.75.